The van der Waals surface area contributed by atoms with E-state index in [1.165, 1.54) is 0 Å². The van der Waals surface area contributed by atoms with E-state index in [4.69, 9.17) is 16.3 Å². The third kappa shape index (κ3) is 4.37. The normalized spacial score (nSPS) is 18.0. The number of carbonyl (C=O) groups is 1. The molecule has 22 heavy (non-hydrogen) atoms. The van der Waals surface area contributed by atoms with E-state index in [0.717, 1.165) is 42.1 Å². The fraction of sp³-hybridized carbons (Fsp3) is 0.588. The maximum atomic E-state index is 12.3. The van der Waals surface area contributed by atoms with Crippen molar-refractivity contribution in [1.29, 1.82) is 0 Å². The smallest absolute Gasteiger partial charge is 0.260 e. The lowest BCUT2D eigenvalue weighted by Gasteiger charge is -2.30. The molecule has 1 aromatic rings. The Morgan fingerprint density at radius 2 is 1.86 bits per heavy atom. The molecule has 0 saturated carbocycles. The third-order valence-electron chi connectivity index (χ3n) is 4.16. The van der Waals surface area contributed by atoms with Gasteiger partial charge < -0.3 is 15.0 Å². The summed E-state index contributed by atoms with van der Waals surface area (Å²) in [5.74, 6) is 0.630. The van der Waals surface area contributed by atoms with E-state index in [-0.39, 0.29) is 11.9 Å². The van der Waals surface area contributed by atoms with Crippen LogP contribution in [0.2, 0.25) is 5.02 Å². The number of halogens is 1. The monoisotopic (exact) mass is 324 g/mol. The average molecular weight is 325 g/mol. The van der Waals surface area contributed by atoms with Gasteiger partial charge >= 0.3 is 0 Å². The number of ether oxygens (including phenoxy) is 1. The fourth-order valence-corrected chi connectivity index (χ4v) is 2.81. The average Bonchev–Trinajstić information content (AvgIpc) is 2.47. The van der Waals surface area contributed by atoms with Crippen molar-refractivity contribution in [2.45, 2.75) is 45.8 Å². The van der Waals surface area contributed by atoms with Gasteiger partial charge in [0.25, 0.3) is 5.91 Å². The van der Waals surface area contributed by atoms with Crippen molar-refractivity contribution in [3.8, 4) is 5.75 Å². The van der Waals surface area contributed by atoms with Crippen LogP contribution in [0.15, 0.2) is 12.1 Å². The molecule has 1 saturated heterocycles. The van der Waals surface area contributed by atoms with Crippen LogP contribution in [0.1, 0.15) is 30.9 Å². The summed E-state index contributed by atoms with van der Waals surface area (Å²) in [5, 5.41) is 3.83. The zero-order chi connectivity index (χ0) is 16.3. The van der Waals surface area contributed by atoms with Crippen LogP contribution in [0.3, 0.4) is 0 Å². The maximum absolute atomic E-state index is 12.3. The molecule has 1 amide bonds. The van der Waals surface area contributed by atoms with E-state index in [0.29, 0.717) is 5.75 Å². The zero-order valence-electron chi connectivity index (χ0n) is 13.8. The first-order valence-electron chi connectivity index (χ1n) is 7.79. The topological polar surface area (TPSA) is 41.6 Å². The Bertz CT molecular complexity index is 516. The highest BCUT2D eigenvalue weighted by Crippen LogP contribution is 2.26. The minimum Gasteiger partial charge on any atom is -0.481 e. The van der Waals surface area contributed by atoms with Crippen molar-refractivity contribution in [3.05, 3.63) is 28.3 Å². The van der Waals surface area contributed by atoms with Gasteiger partial charge in [-0.15, -0.1) is 0 Å². The lowest BCUT2D eigenvalue weighted by molar-refractivity contribution is -0.128. The second-order valence-corrected chi connectivity index (χ2v) is 6.60. The first-order valence-corrected chi connectivity index (χ1v) is 8.17. The first kappa shape index (κ1) is 17.1. The number of aryl methyl sites for hydroxylation is 2. The van der Waals surface area contributed by atoms with Gasteiger partial charge in [0, 0.05) is 11.1 Å². The van der Waals surface area contributed by atoms with Crippen molar-refractivity contribution >= 4 is 17.5 Å². The molecular weight excluding hydrogens is 300 g/mol. The Morgan fingerprint density at radius 1 is 1.32 bits per heavy atom. The van der Waals surface area contributed by atoms with Gasteiger partial charge in [0.1, 0.15) is 5.75 Å². The number of hydrogen-bond acceptors (Lipinski definition) is 3. The summed E-state index contributed by atoms with van der Waals surface area (Å²) in [5.41, 5.74) is 1.92. The fourth-order valence-electron chi connectivity index (χ4n) is 2.70. The molecular formula is C17H25ClN2O2. The minimum atomic E-state index is -0.514. The van der Waals surface area contributed by atoms with Gasteiger partial charge in [-0.3, -0.25) is 4.79 Å². The number of nitrogens with one attached hydrogen (secondary N) is 1. The molecule has 0 aliphatic carbocycles. The van der Waals surface area contributed by atoms with Crippen molar-refractivity contribution in [2.75, 3.05) is 20.1 Å². The van der Waals surface area contributed by atoms with E-state index in [2.05, 4.69) is 17.3 Å². The molecule has 5 heteroatoms. The molecule has 1 aliphatic rings. The molecule has 0 aromatic heterocycles. The van der Waals surface area contributed by atoms with Crippen LogP contribution in [0.25, 0.3) is 0 Å². The summed E-state index contributed by atoms with van der Waals surface area (Å²) < 4.78 is 5.77. The van der Waals surface area contributed by atoms with Crippen molar-refractivity contribution in [1.82, 2.24) is 10.2 Å². The molecule has 1 aromatic carbocycles. The quantitative estimate of drug-likeness (QED) is 0.926. The van der Waals surface area contributed by atoms with Crippen molar-refractivity contribution in [3.63, 3.8) is 0 Å². The summed E-state index contributed by atoms with van der Waals surface area (Å²) in [6.45, 7) is 7.70. The number of amides is 1. The molecule has 0 bridgehead atoms. The molecule has 1 atom stereocenters. The summed E-state index contributed by atoms with van der Waals surface area (Å²) in [6.07, 6.45) is 1.47. The number of benzene rings is 1. The maximum Gasteiger partial charge on any atom is 0.260 e. The third-order valence-corrected chi connectivity index (χ3v) is 4.75. The van der Waals surface area contributed by atoms with Crippen LogP contribution >= 0.6 is 11.6 Å². The molecule has 0 spiro atoms. The highest BCUT2D eigenvalue weighted by molar-refractivity contribution is 6.32. The standard InChI is InChI=1S/C17H25ClN2O2/c1-11-9-15(10-12(2)16(11)18)22-13(3)17(21)19-14-5-7-20(4)8-6-14/h9-10,13-14H,5-8H2,1-4H3,(H,19,21)/t13-/m1/s1. The second-order valence-electron chi connectivity index (χ2n) is 6.22. The molecule has 1 aliphatic heterocycles. The zero-order valence-corrected chi connectivity index (χ0v) is 14.5. The van der Waals surface area contributed by atoms with Crippen LogP contribution in [0.5, 0.6) is 5.75 Å². The van der Waals surface area contributed by atoms with Crippen LogP contribution in [-0.4, -0.2) is 43.1 Å². The molecule has 1 N–H and O–H groups in total. The molecule has 1 fully saturated rings. The van der Waals surface area contributed by atoms with E-state index < -0.39 is 6.10 Å². The number of piperidine rings is 1. The van der Waals surface area contributed by atoms with Gasteiger partial charge in [-0.2, -0.15) is 0 Å². The number of rotatable bonds is 4. The molecule has 0 unspecified atom stereocenters. The van der Waals surface area contributed by atoms with Crippen LogP contribution < -0.4 is 10.1 Å². The highest BCUT2D eigenvalue weighted by atomic mass is 35.5. The summed E-state index contributed by atoms with van der Waals surface area (Å²) in [7, 11) is 2.11. The van der Waals surface area contributed by atoms with Gasteiger partial charge in [-0.05, 0) is 77.0 Å². The lowest BCUT2D eigenvalue weighted by Crippen LogP contribution is -2.47. The van der Waals surface area contributed by atoms with Crippen LogP contribution in [0.4, 0.5) is 0 Å². The minimum absolute atomic E-state index is 0.0557. The van der Waals surface area contributed by atoms with Crippen molar-refractivity contribution in [2.24, 2.45) is 0 Å². The van der Waals surface area contributed by atoms with Gasteiger partial charge in [-0.1, -0.05) is 11.6 Å². The number of nitrogens with zero attached hydrogens (tertiary/aromatic N) is 1. The largest absolute Gasteiger partial charge is 0.481 e. The second kappa shape index (κ2) is 7.34. The summed E-state index contributed by atoms with van der Waals surface area (Å²) >= 11 is 6.15. The molecule has 1 heterocycles. The lowest BCUT2D eigenvalue weighted by atomic mass is 10.1. The molecule has 4 nitrogen and oxygen atoms in total. The predicted octanol–water partition coefficient (Wildman–Crippen LogP) is 2.93. The molecule has 122 valence electrons. The van der Waals surface area contributed by atoms with Gasteiger partial charge in [-0.25, -0.2) is 0 Å². The SMILES string of the molecule is Cc1cc(O[C@H](C)C(=O)NC2CCN(C)CC2)cc(C)c1Cl. The van der Waals surface area contributed by atoms with Crippen LogP contribution in [-0.2, 0) is 4.79 Å². The number of carbonyl (C=O) groups excluding carboxylic acids is 1. The Balaban J connectivity index is 1.91. The number of hydrogen-bond donors (Lipinski definition) is 1. The van der Waals surface area contributed by atoms with E-state index in [1.54, 1.807) is 6.92 Å². The Labute approximate surface area is 137 Å². The van der Waals surface area contributed by atoms with Gasteiger partial charge in [0.2, 0.25) is 0 Å². The van der Waals surface area contributed by atoms with Crippen molar-refractivity contribution < 1.29 is 9.53 Å². The Kier molecular flexibility index (Phi) is 5.70. The van der Waals surface area contributed by atoms with E-state index in [9.17, 15) is 4.79 Å². The van der Waals surface area contributed by atoms with E-state index >= 15 is 0 Å². The van der Waals surface area contributed by atoms with Gasteiger partial charge in [0.15, 0.2) is 6.10 Å². The van der Waals surface area contributed by atoms with Crippen LogP contribution in [0, 0.1) is 13.8 Å². The Hall–Kier alpha value is -1.26. The van der Waals surface area contributed by atoms with E-state index in [1.807, 2.05) is 26.0 Å². The number of likely N-dealkylation sites (tertiary alicyclic amines) is 1. The predicted molar refractivity (Wildman–Crippen MR) is 89.7 cm³/mol. The van der Waals surface area contributed by atoms with Gasteiger partial charge in [0.05, 0.1) is 0 Å². The molecule has 0 radical (unpaired) electrons. The Morgan fingerprint density at radius 3 is 2.41 bits per heavy atom. The molecule has 2 rings (SSSR count). The summed E-state index contributed by atoms with van der Waals surface area (Å²) in [4.78, 5) is 14.5. The summed E-state index contributed by atoms with van der Waals surface area (Å²) in [6, 6.07) is 3.99. The first-order chi connectivity index (χ1) is 10.4. The highest BCUT2D eigenvalue weighted by Gasteiger charge is 2.22.